The number of carbonyl (C=O) groups is 1. The van der Waals surface area contributed by atoms with Crippen LogP contribution in [0.2, 0.25) is 0 Å². The van der Waals surface area contributed by atoms with Gasteiger partial charge in [-0.2, -0.15) is 14.9 Å². The maximum atomic E-state index is 13.4. The van der Waals surface area contributed by atoms with Gasteiger partial charge in [0.2, 0.25) is 5.95 Å². The van der Waals surface area contributed by atoms with Gasteiger partial charge in [-0.1, -0.05) is 107 Å². The highest BCUT2D eigenvalue weighted by molar-refractivity contribution is 7.19. The van der Waals surface area contributed by atoms with E-state index in [2.05, 4.69) is 75.0 Å². The molecule has 2 aromatic heterocycles. The number of nitriles is 1. The number of hydrogen-bond donors (Lipinski definition) is 1. The molecule has 2 unspecified atom stereocenters. The van der Waals surface area contributed by atoms with E-state index < -0.39 is 5.91 Å². The molecule has 264 valence electrons. The van der Waals surface area contributed by atoms with Crippen LogP contribution in [0.3, 0.4) is 0 Å². The van der Waals surface area contributed by atoms with Crippen LogP contribution < -0.4 is 9.80 Å². The van der Waals surface area contributed by atoms with Crippen molar-refractivity contribution in [1.29, 1.82) is 5.26 Å². The molecule has 1 N–H and O–H groups in total. The van der Waals surface area contributed by atoms with Crippen molar-refractivity contribution in [3.8, 4) is 17.3 Å². The molecule has 4 rings (SSSR count). The minimum atomic E-state index is -0.530. The normalized spacial score (nSPS) is 15.0. The van der Waals surface area contributed by atoms with E-state index >= 15 is 0 Å². The van der Waals surface area contributed by atoms with E-state index in [9.17, 15) is 15.2 Å². The number of unbranched alkanes of at least 4 members (excludes halogenated alkanes) is 2. The number of hydrogen-bond acceptors (Lipinski definition) is 10. The van der Waals surface area contributed by atoms with Gasteiger partial charge in [0.05, 0.1) is 6.61 Å². The smallest absolute Gasteiger partial charge is 0.291 e. The van der Waals surface area contributed by atoms with Crippen LogP contribution >= 0.6 is 11.3 Å². The van der Waals surface area contributed by atoms with Gasteiger partial charge in [-0.15, -0.1) is 5.10 Å². The minimum Gasteiger partial charge on any atom is -0.395 e. The van der Waals surface area contributed by atoms with Gasteiger partial charge in [-0.05, 0) is 45.4 Å². The van der Waals surface area contributed by atoms with E-state index in [0.717, 1.165) is 47.9 Å². The Morgan fingerprint density at radius 2 is 1.59 bits per heavy atom. The van der Waals surface area contributed by atoms with Crippen molar-refractivity contribution in [2.45, 2.75) is 99.8 Å². The van der Waals surface area contributed by atoms with Gasteiger partial charge >= 0.3 is 0 Å². The van der Waals surface area contributed by atoms with Crippen LogP contribution in [0.1, 0.15) is 109 Å². The van der Waals surface area contributed by atoms with Crippen molar-refractivity contribution < 1.29 is 9.90 Å². The second-order valence-electron chi connectivity index (χ2n) is 13.1. The molecule has 3 heterocycles. The van der Waals surface area contributed by atoms with E-state index in [1.54, 1.807) is 23.2 Å². The molecule has 0 spiro atoms. The summed E-state index contributed by atoms with van der Waals surface area (Å²) in [6, 6.07) is 10.4. The van der Waals surface area contributed by atoms with E-state index in [4.69, 9.17) is 15.0 Å². The highest BCUT2D eigenvalue weighted by atomic mass is 32.1. The van der Waals surface area contributed by atoms with E-state index in [1.807, 2.05) is 6.92 Å². The van der Waals surface area contributed by atoms with Gasteiger partial charge in [-0.25, -0.2) is 9.98 Å². The number of aliphatic imine (C=N–C) groups is 1. The first kappa shape index (κ1) is 37.9. The molecule has 0 aliphatic carbocycles. The third kappa shape index (κ3) is 9.03. The number of thiazole rings is 1. The Labute approximate surface area is 296 Å². The monoisotopic (exact) mass is 686 g/mol. The fourth-order valence-corrected chi connectivity index (χ4v) is 7.26. The summed E-state index contributed by atoms with van der Waals surface area (Å²) in [4.78, 5) is 33.0. The zero-order valence-electron chi connectivity index (χ0n) is 30.5. The van der Waals surface area contributed by atoms with Crippen molar-refractivity contribution in [1.82, 2.24) is 19.7 Å². The topological polar surface area (TPSA) is 124 Å². The quantitative estimate of drug-likeness (QED) is 0.133. The minimum absolute atomic E-state index is 0.0143. The number of rotatable bonds is 19. The van der Waals surface area contributed by atoms with Crippen LogP contribution in [0.15, 0.2) is 40.4 Å². The van der Waals surface area contributed by atoms with Crippen LogP contribution in [0.5, 0.6) is 0 Å². The molecule has 1 aromatic carbocycles. The van der Waals surface area contributed by atoms with Crippen molar-refractivity contribution in [3.05, 3.63) is 46.8 Å². The first-order valence-electron chi connectivity index (χ1n) is 18.1. The van der Waals surface area contributed by atoms with E-state index in [-0.39, 0.29) is 18.0 Å². The molecular formula is C38H54N8O2S. The number of carbonyl (C=O) groups excluding carboxylic acids is 1. The standard InChI is InChI=1S/C38H54N8O2S/c1-8-13-15-28(10-3)24-45(25-29(11-4)16-14-9-2)38-41-33(30-19-17-26(6)18-20-30)35(49-38)40-32-27(7)31(23-39)36(48)46-34(32)42-37(43-46)44(12-5)21-22-47/h17-20,28-29,47H,8-16,21-22,24-25H2,1-7H3. The summed E-state index contributed by atoms with van der Waals surface area (Å²) in [7, 11) is 0. The molecule has 1 aliphatic heterocycles. The molecule has 10 nitrogen and oxygen atoms in total. The average molecular weight is 687 g/mol. The maximum absolute atomic E-state index is 13.4. The molecule has 0 fully saturated rings. The third-order valence-corrected chi connectivity index (χ3v) is 10.6. The number of aromatic nitrogens is 4. The van der Waals surface area contributed by atoms with Gasteiger partial charge in [0.25, 0.3) is 5.91 Å². The summed E-state index contributed by atoms with van der Waals surface area (Å²) < 4.78 is 1.18. The second kappa shape index (κ2) is 18.2. The van der Waals surface area contributed by atoms with Crippen molar-refractivity contribution in [2.75, 3.05) is 42.6 Å². The molecule has 11 heteroatoms. The molecule has 0 amide bonds. The molecule has 2 atom stereocenters. The highest BCUT2D eigenvalue weighted by Gasteiger charge is 2.34. The Balaban J connectivity index is 1.91. The van der Waals surface area contributed by atoms with E-state index in [0.29, 0.717) is 47.2 Å². The lowest BCUT2D eigenvalue weighted by Gasteiger charge is -2.30. The number of likely N-dealkylation sites (N-methyl/N-ethyl adjacent to an activating group) is 1. The van der Waals surface area contributed by atoms with Crippen LogP contribution in [0.4, 0.5) is 16.1 Å². The number of aliphatic hydroxyl groups excluding tert-OH is 1. The molecule has 1 aliphatic rings. The van der Waals surface area contributed by atoms with Gasteiger partial charge < -0.3 is 14.9 Å². The first-order valence-corrected chi connectivity index (χ1v) is 18.9. The average Bonchev–Trinajstić information content (AvgIpc) is 3.74. The largest absolute Gasteiger partial charge is 0.395 e. The van der Waals surface area contributed by atoms with Gasteiger partial charge in [0.15, 0.2) is 11.0 Å². The molecule has 3 aromatic rings. The lowest BCUT2D eigenvalue weighted by Crippen LogP contribution is -2.34. The molecule has 49 heavy (non-hydrogen) atoms. The lowest BCUT2D eigenvalue weighted by molar-refractivity contribution is 0.0942. The zero-order chi connectivity index (χ0) is 35.5. The number of aliphatic hydroxyl groups is 1. The van der Waals surface area contributed by atoms with E-state index in [1.165, 1.54) is 43.2 Å². The molecule has 0 saturated carbocycles. The summed E-state index contributed by atoms with van der Waals surface area (Å²) in [6.45, 7) is 17.5. The molecule has 0 radical (unpaired) electrons. The number of anilines is 2. The number of nitrogens with zero attached hydrogens (tertiary/aromatic N) is 8. The predicted molar refractivity (Wildman–Crippen MR) is 201 cm³/mol. The Bertz CT molecular complexity index is 1630. The summed E-state index contributed by atoms with van der Waals surface area (Å²) in [5.74, 6) is 1.19. The van der Waals surface area contributed by atoms with Gasteiger partial charge in [-0.3, -0.25) is 4.79 Å². The summed E-state index contributed by atoms with van der Waals surface area (Å²) in [6.07, 6.45) is 9.42. The van der Waals surface area contributed by atoms with Crippen molar-refractivity contribution >= 4 is 39.0 Å². The lowest BCUT2D eigenvalue weighted by atomic mass is 9.96. The van der Waals surface area contributed by atoms with Crippen molar-refractivity contribution in [3.63, 3.8) is 0 Å². The molecule has 0 saturated heterocycles. The second-order valence-corrected chi connectivity index (χ2v) is 14.0. The SMILES string of the molecule is CCCCC(CC)CN(CC(CC)CCCC)c1nc(-c2ccc(C)cc2)c(N=C2C(C)=C(C#N)C(=O)n3nc(N(CC)CCO)nc32)s1. The summed E-state index contributed by atoms with van der Waals surface area (Å²) >= 11 is 1.56. The molecular weight excluding hydrogens is 633 g/mol. The van der Waals surface area contributed by atoms with Gasteiger partial charge in [0, 0.05) is 37.3 Å². The van der Waals surface area contributed by atoms with Crippen LogP contribution in [-0.4, -0.2) is 69.3 Å². The Morgan fingerprint density at radius 3 is 2.12 bits per heavy atom. The van der Waals surface area contributed by atoms with Crippen LogP contribution in [0.25, 0.3) is 11.3 Å². The van der Waals surface area contributed by atoms with Gasteiger partial charge in [0.1, 0.15) is 28.0 Å². The number of aryl methyl sites for hydroxylation is 1. The summed E-state index contributed by atoms with van der Waals surface area (Å²) in [5, 5.41) is 25.8. The highest BCUT2D eigenvalue weighted by Crippen LogP contribution is 2.42. The number of allylic oxidation sites excluding steroid dienone is 2. The summed E-state index contributed by atoms with van der Waals surface area (Å²) in [5.41, 5.74) is 3.75. The Kier molecular flexibility index (Phi) is 14.1. The number of fused-ring (bicyclic) bond motifs is 1. The maximum Gasteiger partial charge on any atom is 0.291 e. The third-order valence-electron chi connectivity index (χ3n) is 9.54. The Morgan fingerprint density at radius 1 is 0.959 bits per heavy atom. The Hall–Kier alpha value is -3.88. The predicted octanol–water partition coefficient (Wildman–Crippen LogP) is 8.38. The fraction of sp³-hybridized carbons (Fsp3) is 0.579. The number of benzene rings is 1. The molecule has 0 bridgehead atoms. The van der Waals surface area contributed by atoms with Crippen LogP contribution in [-0.2, 0) is 0 Å². The first-order chi connectivity index (χ1) is 23.7. The van der Waals surface area contributed by atoms with Crippen molar-refractivity contribution in [2.24, 2.45) is 16.8 Å². The fourth-order valence-electron chi connectivity index (χ4n) is 6.27. The van der Waals surface area contributed by atoms with Crippen LogP contribution in [0, 0.1) is 30.1 Å². The zero-order valence-corrected chi connectivity index (χ0v) is 31.3.